The van der Waals surface area contributed by atoms with E-state index in [-0.39, 0.29) is 6.54 Å². The summed E-state index contributed by atoms with van der Waals surface area (Å²) >= 11 is 0. The average Bonchev–Trinajstić information content (AvgIpc) is 2.31. The molecule has 1 aliphatic rings. The van der Waals surface area contributed by atoms with E-state index in [0.717, 1.165) is 12.1 Å². The first-order valence-corrected chi connectivity index (χ1v) is 5.53. The van der Waals surface area contributed by atoms with Crippen molar-refractivity contribution in [3.05, 3.63) is 35.4 Å². The van der Waals surface area contributed by atoms with Crippen LogP contribution < -0.4 is 10.9 Å². The number of aliphatic hydroxyl groups is 1. The van der Waals surface area contributed by atoms with Gasteiger partial charge >= 0.3 is 6.18 Å². The molecular formula is C11H14F3N3O. The highest BCUT2D eigenvalue weighted by Gasteiger charge is 2.30. The van der Waals surface area contributed by atoms with Crippen LogP contribution in [0.5, 0.6) is 0 Å². The smallest absolute Gasteiger partial charge is 0.364 e. The van der Waals surface area contributed by atoms with E-state index in [1.165, 1.54) is 6.07 Å². The van der Waals surface area contributed by atoms with Gasteiger partial charge in [-0.3, -0.25) is 10.3 Å². The molecule has 0 aromatic heterocycles. The topological polar surface area (TPSA) is 47.5 Å². The number of hydrazine groups is 1. The number of benzene rings is 1. The number of nitrogens with one attached hydrogen (secondary N) is 2. The predicted octanol–water partition coefficient (Wildman–Crippen LogP) is 0.891. The van der Waals surface area contributed by atoms with Crippen molar-refractivity contribution in [3.8, 4) is 0 Å². The number of aliphatic hydroxyl groups excluding tert-OH is 1. The van der Waals surface area contributed by atoms with Crippen LogP contribution in [0.25, 0.3) is 0 Å². The van der Waals surface area contributed by atoms with Crippen LogP contribution in [0.2, 0.25) is 0 Å². The highest BCUT2D eigenvalue weighted by atomic mass is 19.4. The van der Waals surface area contributed by atoms with Gasteiger partial charge in [0.2, 0.25) is 0 Å². The molecule has 1 aromatic carbocycles. The first-order valence-electron chi connectivity index (χ1n) is 5.53. The van der Waals surface area contributed by atoms with E-state index in [9.17, 15) is 18.3 Å². The first-order chi connectivity index (χ1) is 8.47. The van der Waals surface area contributed by atoms with Crippen molar-refractivity contribution in [2.24, 2.45) is 0 Å². The number of halogens is 3. The number of hydrogen-bond donors (Lipinski definition) is 3. The molecule has 0 amide bonds. The van der Waals surface area contributed by atoms with E-state index in [2.05, 4.69) is 10.9 Å². The molecule has 0 aliphatic carbocycles. The Balaban J connectivity index is 2.09. The summed E-state index contributed by atoms with van der Waals surface area (Å²) in [6.45, 7) is 1.44. The Labute approximate surface area is 102 Å². The first kappa shape index (κ1) is 13.3. The molecule has 1 heterocycles. The Morgan fingerprint density at radius 2 is 2.17 bits per heavy atom. The standard InChI is InChI=1S/C11H14F3N3O/c12-11(13,14)9-3-1-2-8(6-9)7-17-5-4-15-16-10(17)18/h1-3,6,10,15-16,18H,4-5,7H2. The molecule has 2 rings (SSSR count). The van der Waals surface area contributed by atoms with Gasteiger partial charge in [-0.05, 0) is 11.6 Å². The van der Waals surface area contributed by atoms with Crippen molar-refractivity contribution in [1.29, 1.82) is 0 Å². The summed E-state index contributed by atoms with van der Waals surface area (Å²) in [5, 5.41) is 9.59. The van der Waals surface area contributed by atoms with Crippen LogP contribution in [0.1, 0.15) is 11.1 Å². The molecule has 7 heteroatoms. The maximum atomic E-state index is 12.5. The van der Waals surface area contributed by atoms with Gasteiger partial charge in [-0.25, -0.2) is 5.43 Å². The van der Waals surface area contributed by atoms with Crippen molar-refractivity contribution in [3.63, 3.8) is 0 Å². The van der Waals surface area contributed by atoms with Gasteiger partial charge in [0.1, 0.15) is 0 Å². The van der Waals surface area contributed by atoms with Gasteiger partial charge in [0.25, 0.3) is 0 Å². The van der Waals surface area contributed by atoms with Gasteiger partial charge in [-0.1, -0.05) is 18.2 Å². The van der Waals surface area contributed by atoms with E-state index >= 15 is 0 Å². The zero-order valence-corrected chi connectivity index (χ0v) is 9.54. The minimum absolute atomic E-state index is 0.264. The molecule has 100 valence electrons. The van der Waals surface area contributed by atoms with Gasteiger partial charge < -0.3 is 5.11 Å². The van der Waals surface area contributed by atoms with E-state index in [0.29, 0.717) is 18.7 Å². The Hall–Kier alpha value is -1.15. The summed E-state index contributed by atoms with van der Waals surface area (Å²) < 4.78 is 37.6. The molecule has 1 atom stereocenters. The summed E-state index contributed by atoms with van der Waals surface area (Å²) in [6, 6.07) is 5.13. The van der Waals surface area contributed by atoms with Crippen molar-refractivity contribution in [1.82, 2.24) is 15.8 Å². The van der Waals surface area contributed by atoms with E-state index in [1.54, 1.807) is 11.0 Å². The Kier molecular flexibility index (Phi) is 3.86. The van der Waals surface area contributed by atoms with Crippen molar-refractivity contribution < 1.29 is 18.3 Å². The molecular weight excluding hydrogens is 247 g/mol. The van der Waals surface area contributed by atoms with E-state index in [4.69, 9.17) is 0 Å². The second-order valence-electron chi connectivity index (χ2n) is 4.11. The Bertz CT molecular complexity index is 411. The average molecular weight is 261 g/mol. The molecule has 1 aliphatic heterocycles. The fourth-order valence-electron chi connectivity index (χ4n) is 1.82. The molecule has 3 N–H and O–H groups in total. The summed E-state index contributed by atoms with van der Waals surface area (Å²) in [7, 11) is 0. The molecule has 0 spiro atoms. The third-order valence-corrected chi connectivity index (χ3v) is 2.74. The lowest BCUT2D eigenvalue weighted by molar-refractivity contribution is -0.137. The molecule has 1 saturated heterocycles. The molecule has 0 radical (unpaired) electrons. The van der Waals surface area contributed by atoms with E-state index in [1.807, 2.05) is 0 Å². The van der Waals surface area contributed by atoms with Crippen LogP contribution >= 0.6 is 0 Å². The van der Waals surface area contributed by atoms with Crippen LogP contribution in [0.3, 0.4) is 0 Å². The van der Waals surface area contributed by atoms with Gasteiger partial charge in [0.15, 0.2) is 6.35 Å². The van der Waals surface area contributed by atoms with Gasteiger partial charge in [-0.2, -0.15) is 13.2 Å². The minimum atomic E-state index is -4.34. The fourth-order valence-corrected chi connectivity index (χ4v) is 1.82. The number of rotatable bonds is 2. The van der Waals surface area contributed by atoms with Crippen LogP contribution in [-0.2, 0) is 12.7 Å². The monoisotopic (exact) mass is 261 g/mol. The highest BCUT2D eigenvalue weighted by Crippen LogP contribution is 2.29. The van der Waals surface area contributed by atoms with Crippen molar-refractivity contribution in [2.45, 2.75) is 19.1 Å². The number of nitrogens with zero attached hydrogens (tertiary/aromatic N) is 1. The number of hydrogen-bond acceptors (Lipinski definition) is 4. The van der Waals surface area contributed by atoms with Crippen LogP contribution in [0.15, 0.2) is 24.3 Å². The summed E-state index contributed by atoms with van der Waals surface area (Å²) in [5.41, 5.74) is 5.22. The third-order valence-electron chi connectivity index (χ3n) is 2.74. The van der Waals surface area contributed by atoms with Crippen molar-refractivity contribution in [2.75, 3.05) is 13.1 Å². The maximum absolute atomic E-state index is 12.5. The molecule has 1 aromatic rings. The van der Waals surface area contributed by atoms with Gasteiger partial charge in [0, 0.05) is 19.6 Å². The molecule has 4 nitrogen and oxygen atoms in total. The van der Waals surface area contributed by atoms with Gasteiger partial charge in [-0.15, -0.1) is 0 Å². The van der Waals surface area contributed by atoms with E-state index < -0.39 is 18.1 Å². The molecule has 1 fully saturated rings. The zero-order chi connectivity index (χ0) is 13.2. The lowest BCUT2D eigenvalue weighted by Gasteiger charge is -2.33. The molecule has 18 heavy (non-hydrogen) atoms. The number of alkyl halides is 3. The maximum Gasteiger partial charge on any atom is 0.416 e. The molecule has 0 saturated carbocycles. The Morgan fingerprint density at radius 1 is 1.39 bits per heavy atom. The fraction of sp³-hybridized carbons (Fsp3) is 0.455. The summed E-state index contributed by atoms with van der Waals surface area (Å²) in [4.78, 5) is 1.64. The quantitative estimate of drug-likeness (QED) is 0.740. The lowest BCUT2D eigenvalue weighted by atomic mass is 10.1. The van der Waals surface area contributed by atoms with Crippen molar-refractivity contribution >= 4 is 0 Å². The third kappa shape index (κ3) is 3.20. The summed E-state index contributed by atoms with van der Waals surface area (Å²) in [5.74, 6) is 0. The molecule has 1 unspecified atom stereocenters. The predicted molar refractivity (Wildman–Crippen MR) is 59.0 cm³/mol. The highest BCUT2D eigenvalue weighted by molar-refractivity contribution is 5.25. The van der Waals surface area contributed by atoms with Crippen LogP contribution in [0.4, 0.5) is 13.2 Å². The van der Waals surface area contributed by atoms with Crippen LogP contribution in [-0.4, -0.2) is 29.4 Å². The second kappa shape index (κ2) is 5.23. The van der Waals surface area contributed by atoms with Gasteiger partial charge in [0.05, 0.1) is 5.56 Å². The Morgan fingerprint density at radius 3 is 2.83 bits per heavy atom. The molecule has 0 bridgehead atoms. The summed E-state index contributed by atoms with van der Waals surface area (Å²) in [6.07, 6.45) is -5.23. The SMILES string of the molecule is OC1NNCCN1Cc1cccc(C(F)(F)F)c1. The lowest BCUT2D eigenvalue weighted by Crippen LogP contribution is -2.58. The van der Waals surface area contributed by atoms with Crippen LogP contribution in [0, 0.1) is 0 Å². The second-order valence-corrected chi connectivity index (χ2v) is 4.11. The largest absolute Gasteiger partial charge is 0.416 e. The normalized spacial score (nSPS) is 22.1. The minimum Gasteiger partial charge on any atom is -0.364 e. The zero-order valence-electron chi connectivity index (χ0n) is 9.54.